The molecule has 1 amide bonds. The average molecular weight is 411 g/mol. The van der Waals surface area contributed by atoms with Gasteiger partial charge in [-0.15, -0.1) is 0 Å². The van der Waals surface area contributed by atoms with Crippen molar-refractivity contribution in [2.45, 2.75) is 13.1 Å². The Balaban J connectivity index is 1.32. The number of benzene rings is 2. The lowest BCUT2D eigenvalue weighted by molar-refractivity contribution is 0.0760. The molecule has 1 aliphatic rings. The van der Waals surface area contributed by atoms with Crippen LogP contribution in [-0.2, 0) is 20.1 Å². The second kappa shape index (κ2) is 6.50. The molecule has 31 heavy (non-hydrogen) atoms. The largest absolute Gasteiger partial charge is 0.329 e. The molecule has 7 heteroatoms. The quantitative estimate of drug-likeness (QED) is 0.448. The first-order valence-electron chi connectivity index (χ1n) is 10.0. The van der Waals surface area contributed by atoms with E-state index in [2.05, 4.69) is 10.1 Å². The number of hydrogen-bond donors (Lipinski definition) is 0. The molecule has 0 aliphatic carbocycles. The highest BCUT2D eigenvalue weighted by Crippen LogP contribution is 2.31. The molecule has 0 bridgehead atoms. The molecule has 0 fully saturated rings. The van der Waals surface area contributed by atoms with Gasteiger partial charge in [0, 0.05) is 55.2 Å². The smallest absolute Gasteiger partial charge is 0.271 e. The van der Waals surface area contributed by atoms with Gasteiger partial charge in [0.15, 0.2) is 0 Å². The van der Waals surface area contributed by atoms with E-state index in [1.807, 2.05) is 49.6 Å². The number of nitrogens with zero attached hydrogens (tertiary/aromatic N) is 5. The van der Waals surface area contributed by atoms with Crippen molar-refractivity contribution in [1.82, 2.24) is 24.1 Å². The molecule has 6 rings (SSSR count). The number of carbonyl (C=O) groups excluding carboxylic acids is 1. The maximum absolute atomic E-state index is 15.1. The summed E-state index contributed by atoms with van der Waals surface area (Å²) in [5, 5.41) is 5.40. The summed E-state index contributed by atoms with van der Waals surface area (Å²) in [4.78, 5) is 18.9. The Labute approximate surface area is 177 Å². The summed E-state index contributed by atoms with van der Waals surface area (Å²) >= 11 is 0. The Morgan fingerprint density at radius 3 is 2.90 bits per heavy atom. The Bertz CT molecular complexity index is 1500. The molecule has 0 N–H and O–H groups in total. The number of aromatic nitrogens is 4. The monoisotopic (exact) mass is 411 g/mol. The second-order valence-corrected chi connectivity index (χ2v) is 7.87. The van der Waals surface area contributed by atoms with E-state index in [0.717, 1.165) is 33.2 Å². The van der Waals surface area contributed by atoms with E-state index in [0.29, 0.717) is 17.8 Å². The molecule has 4 heterocycles. The topological polar surface area (TPSA) is 55.4 Å². The molecule has 0 saturated carbocycles. The van der Waals surface area contributed by atoms with Gasteiger partial charge in [0.2, 0.25) is 0 Å². The van der Waals surface area contributed by atoms with E-state index >= 15 is 4.39 Å². The molecule has 3 aromatic heterocycles. The predicted molar refractivity (Wildman–Crippen MR) is 115 cm³/mol. The fourth-order valence-corrected chi connectivity index (χ4v) is 4.42. The van der Waals surface area contributed by atoms with E-state index in [4.69, 9.17) is 0 Å². The van der Waals surface area contributed by atoms with E-state index in [1.165, 1.54) is 0 Å². The van der Waals surface area contributed by atoms with Gasteiger partial charge in [-0.2, -0.15) is 5.10 Å². The number of halogens is 1. The van der Waals surface area contributed by atoms with Crippen LogP contribution >= 0.6 is 0 Å². The van der Waals surface area contributed by atoms with Gasteiger partial charge in [-0.25, -0.2) is 9.37 Å². The lowest BCUT2D eigenvalue weighted by Gasteiger charge is -2.16. The molecule has 6 nitrogen and oxygen atoms in total. The fourth-order valence-electron chi connectivity index (χ4n) is 4.42. The first-order chi connectivity index (χ1) is 15.1. The average Bonchev–Trinajstić information content (AvgIpc) is 3.45. The maximum Gasteiger partial charge on any atom is 0.271 e. The van der Waals surface area contributed by atoms with Crippen molar-refractivity contribution in [3.8, 4) is 11.1 Å². The molecule has 152 valence electrons. The Morgan fingerprint density at radius 2 is 2.03 bits per heavy atom. The third-order valence-corrected chi connectivity index (χ3v) is 5.89. The summed E-state index contributed by atoms with van der Waals surface area (Å²) in [6.07, 6.45) is 5.39. The standard InChI is InChI=1S/C24H18FN5O/c1-28-14-19-18(3-2-4-21(19)27-28)15-5-6-16(20(25)11-15)12-29-13-17-7-8-22-26-9-10-30(22)23(17)24(29)31/h2-11,14H,12-13H2,1H3. The van der Waals surface area contributed by atoms with Gasteiger partial charge >= 0.3 is 0 Å². The SMILES string of the molecule is Cn1cc2c(-c3ccc(CN4Cc5ccc6nccn6c5C4=O)c(F)c3)cccc2n1. The van der Waals surface area contributed by atoms with E-state index in [9.17, 15) is 4.79 Å². The van der Waals surface area contributed by atoms with Crippen molar-refractivity contribution in [1.29, 1.82) is 0 Å². The Morgan fingerprint density at radius 1 is 1.13 bits per heavy atom. The van der Waals surface area contributed by atoms with E-state index < -0.39 is 0 Å². The minimum Gasteiger partial charge on any atom is -0.329 e. The summed E-state index contributed by atoms with van der Waals surface area (Å²) in [5.74, 6) is -0.433. The zero-order chi connectivity index (χ0) is 21.1. The van der Waals surface area contributed by atoms with Gasteiger partial charge in [0.05, 0.1) is 5.52 Å². The van der Waals surface area contributed by atoms with Crippen LogP contribution in [0.5, 0.6) is 0 Å². The number of carbonyl (C=O) groups is 1. The second-order valence-electron chi connectivity index (χ2n) is 7.87. The molecule has 5 aromatic rings. The van der Waals surface area contributed by atoms with Crippen LogP contribution in [-0.4, -0.2) is 30.0 Å². The molecule has 2 aromatic carbocycles. The third kappa shape index (κ3) is 2.73. The minimum absolute atomic E-state index is 0.109. The van der Waals surface area contributed by atoms with Crippen LogP contribution in [0.2, 0.25) is 0 Å². The number of rotatable bonds is 3. The van der Waals surface area contributed by atoms with Crippen molar-refractivity contribution < 1.29 is 9.18 Å². The van der Waals surface area contributed by atoms with Crippen molar-refractivity contribution in [3.05, 3.63) is 89.8 Å². The van der Waals surface area contributed by atoms with Crippen LogP contribution in [0.1, 0.15) is 21.6 Å². The maximum atomic E-state index is 15.1. The van der Waals surface area contributed by atoms with Gasteiger partial charge in [-0.3, -0.25) is 13.9 Å². The van der Waals surface area contributed by atoms with Crippen LogP contribution in [0, 0.1) is 5.82 Å². The van der Waals surface area contributed by atoms with Crippen molar-refractivity contribution in [2.24, 2.45) is 7.05 Å². The molecular formula is C24H18FN5O. The molecule has 0 unspecified atom stereocenters. The summed E-state index contributed by atoms with van der Waals surface area (Å²) in [6, 6.07) is 14.9. The van der Waals surface area contributed by atoms with Gasteiger partial charge in [0.1, 0.15) is 17.2 Å². The highest BCUT2D eigenvalue weighted by atomic mass is 19.1. The molecule has 0 spiro atoms. The lowest BCUT2D eigenvalue weighted by Crippen LogP contribution is -2.24. The summed E-state index contributed by atoms with van der Waals surface area (Å²) in [6.45, 7) is 0.672. The van der Waals surface area contributed by atoms with Gasteiger partial charge in [0.25, 0.3) is 5.91 Å². The lowest BCUT2D eigenvalue weighted by atomic mass is 10.00. The zero-order valence-electron chi connectivity index (χ0n) is 16.8. The number of fused-ring (bicyclic) bond motifs is 4. The number of hydrogen-bond acceptors (Lipinski definition) is 3. The molecular weight excluding hydrogens is 393 g/mol. The molecule has 0 radical (unpaired) electrons. The van der Waals surface area contributed by atoms with Crippen LogP contribution in [0.25, 0.3) is 27.7 Å². The summed E-state index contributed by atoms with van der Waals surface area (Å²) in [5.41, 5.74) is 5.35. The molecule has 0 atom stereocenters. The van der Waals surface area contributed by atoms with Crippen molar-refractivity contribution >= 4 is 22.5 Å². The predicted octanol–water partition coefficient (Wildman–Crippen LogP) is 4.18. The van der Waals surface area contributed by atoms with E-state index in [-0.39, 0.29) is 18.3 Å². The number of amides is 1. The van der Waals surface area contributed by atoms with Crippen molar-refractivity contribution in [2.75, 3.05) is 0 Å². The molecule has 1 aliphatic heterocycles. The Hall–Kier alpha value is -4.00. The third-order valence-electron chi connectivity index (χ3n) is 5.89. The van der Waals surface area contributed by atoms with Gasteiger partial charge in [-0.05, 0) is 29.3 Å². The minimum atomic E-state index is -0.324. The fraction of sp³-hybridized carbons (Fsp3) is 0.125. The van der Waals surface area contributed by atoms with Crippen LogP contribution in [0.3, 0.4) is 0 Å². The van der Waals surface area contributed by atoms with Crippen LogP contribution in [0.4, 0.5) is 4.39 Å². The normalized spacial score (nSPS) is 13.5. The van der Waals surface area contributed by atoms with Crippen LogP contribution in [0.15, 0.2) is 67.1 Å². The highest BCUT2D eigenvalue weighted by molar-refractivity contribution is 5.97. The number of pyridine rings is 1. The zero-order valence-corrected chi connectivity index (χ0v) is 16.8. The highest BCUT2D eigenvalue weighted by Gasteiger charge is 2.30. The number of aryl methyl sites for hydroxylation is 1. The van der Waals surface area contributed by atoms with Gasteiger partial charge in [-0.1, -0.05) is 30.3 Å². The van der Waals surface area contributed by atoms with Gasteiger partial charge < -0.3 is 4.90 Å². The summed E-state index contributed by atoms with van der Waals surface area (Å²) < 4.78 is 18.6. The molecule has 0 saturated heterocycles. The van der Waals surface area contributed by atoms with Crippen LogP contribution < -0.4 is 0 Å². The first kappa shape index (κ1) is 17.8. The first-order valence-corrected chi connectivity index (χ1v) is 10.0. The number of imidazole rings is 1. The summed E-state index contributed by atoms with van der Waals surface area (Å²) in [7, 11) is 1.87. The van der Waals surface area contributed by atoms with E-state index in [1.54, 1.807) is 38.5 Å². The Kier molecular flexibility index (Phi) is 3.74. The van der Waals surface area contributed by atoms with Crippen molar-refractivity contribution in [3.63, 3.8) is 0 Å².